The molecule has 0 fully saturated rings. The number of fused-ring (bicyclic) bond motifs is 1. The Morgan fingerprint density at radius 2 is 2.19 bits per heavy atom. The first-order chi connectivity index (χ1) is 10.1. The average molecular weight is 299 g/mol. The first kappa shape index (κ1) is 13.4. The van der Waals surface area contributed by atoms with E-state index < -0.39 is 5.63 Å². The molecule has 0 aliphatic heterocycles. The molecule has 1 aromatic carbocycles. The van der Waals surface area contributed by atoms with Gasteiger partial charge in [-0.2, -0.15) is 0 Å². The lowest BCUT2D eigenvalue weighted by molar-refractivity contribution is 0.563. The molecule has 0 atom stereocenters. The molecule has 2 N–H and O–H groups in total. The van der Waals surface area contributed by atoms with E-state index >= 15 is 0 Å². The first-order valence-electron chi connectivity index (χ1n) is 6.30. The van der Waals surface area contributed by atoms with Crippen molar-refractivity contribution < 1.29 is 4.42 Å². The molecule has 0 bridgehead atoms. The minimum absolute atomic E-state index is 0.390. The van der Waals surface area contributed by atoms with Crippen molar-refractivity contribution in [1.82, 2.24) is 10.4 Å². The molecule has 0 aliphatic carbocycles. The minimum Gasteiger partial charge on any atom is -0.422 e. The molecule has 6 heteroatoms. The Hall–Kier alpha value is -2.60. The molecule has 106 valence electrons. The summed E-state index contributed by atoms with van der Waals surface area (Å²) in [6.45, 7) is 5.55. The number of para-hydroxylation sites is 1. The molecular weight excluding hydrogens is 286 g/mol. The lowest BCUT2D eigenvalue weighted by Crippen LogP contribution is -2.18. The molecule has 0 spiro atoms. The number of aromatic nitrogens is 1. The number of rotatable bonds is 4. The van der Waals surface area contributed by atoms with Crippen LogP contribution >= 0.6 is 11.3 Å². The van der Waals surface area contributed by atoms with Gasteiger partial charge in [-0.15, -0.1) is 11.3 Å². The van der Waals surface area contributed by atoms with E-state index in [1.807, 2.05) is 30.5 Å². The summed E-state index contributed by atoms with van der Waals surface area (Å²) in [4.78, 5) is 16.4. The zero-order chi connectivity index (χ0) is 14.8. The first-order valence-corrected chi connectivity index (χ1v) is 7.18. The maximum Gasteiger partial charge on any atom is 0.345 e. The van der Waals surface area contributed by atoms with Gasteiger partial charge in [0, 0.05) is 16.5 Å². The number of hydrogen-bond donors (Lipinski definition) is 2. The van der Waals surface area contributed by atoms with E-state index in [2.05, 4.69) is 22.4 Å². The van der Waals surface area contributed by atoms with Crippen LogP contribution in [0.25, 0.3) is 22.2 Å². The Bertz CT molecular complexity index is 866. The van der Waals surface area contributed by atoms with Crippen molar-refractivity contribution in [2.24, 2.45) is 0 Å². The van der Waals surface area contributed by atoms with Gasteiger partial charge in [0.2, 0.25) is 5.13 Å². The van der Waals surface area contributed by atoms with Gasteiger partial charge in [-0.05, 0) is 19.1 Å². The quantitative estimate of drug-likeness (QED) is 0.571. The van der Waals surface area contributed by atoms with Crippen LogP contribution in [-0.2, 0) is 0 Å². The fourth-order valence-electron chi connectivity index (χ4n) is 1.86. The van der Waals surface area contributed by atoms with Gasteiger partial charge in [-0.1, -0.05) is 24.8 Å². The molecule has 3 aromatic rings. The van der Waals surface area contributed by atoms with Gasteiger partial charge >= 0.3 is 5.63 Å². The number of nitrogens with zero attached hydrogens (tertiary/aromatic N) is 1. The highest BCUT2D eigenvalue weighted by molar-refractivity contribution is 7.14. The Kier molecular flexibility index (Phi) is 3.45. The number of nitrogens with one attached hydrogen (secondary N) is 2. The van der Waals surface area contributed by atoms with Crippen LogP contribution in [0.1, 0.15) is 6.92 Å². The van der Waals surface area contributed by atoms with E-state index in [1.165, 1.54) is 11.3 Å². The van der Waals surface area contributed by atoms with Gasteiger partial charge in [0.15, 0.2) is 0 Å². The molecule has 2 heterocycles. The van der Waals surface area contributed by atoms with Crippen LogP contribution in [0.2, 0.25) is 0 Å². The van der Waals surface area contributed by atoms with Crippen LogP contribution in [0.4, 0.5) is 5.13 Å². The topological polar surface area (TPSA) is 67.2 Å². The molecule has 0 aliphatic rings. The third-order valence-corrected chi connectivity index (χ3v) is 3.56. The predicted octanol–water partition coefficient (Wildman–Crippen LogP) is 3.37. The van der Waals surface area contributed by atoms with Gasteiger partial charge < -0.3 is 9.84 Å². The lowest BCUT2D eigenvalue weighted by Gasteiger charge is -2.04. The molecule has 0 amide bonds. The molecule has 0 radical (unpaired) electrons. The summed E-state index contributed by atoms with van der Waals surface area (Å²) in [5.41, 5.74) is 7.79. The summed E-state index contributed by atoms with van der Waals surface area (Å²) in [6.07, 6.45) is 0. The summed E-state index contributed by atoms with van der Waals surface area (Å²) in [6, 6.07) is 9.20. The van der Waals surface area contributed by atoms with Crippen LogP contribution in [0.3, 0.4) is 0 Å². The highest BCUT2D eigenvalue weighted by Gasteiger charge is 2.11. The van der Waals surface area contributed by atoms with Crippen molar-refractivity contribution in [3.8, 4) is 11.3 Å². The third-order valence-electron chi connectivity index (χ3n) is 2.80. The minimum atomic E-state index is -0.390. The maximum atomic E-state index is 12.1. The Morgan fingerprint density at radius 3 is 3.00 bits per heavy atom. The second kappa shape index (κ2) is 5.41. The zero-order valence-electron chi connectivity index (χ0n) is 11.3. The summed E-state index contributed by atoms with van der Waals surface area (Å²) < 4.78 is 5.31. The Labute approximate surface area is 124 Å². The van der Waals surface area contributed by atoms with E-state index in [0.29, 0.717) is 22.0 Å². The van der Waals surface area contributed by atoms with E-state index in [-0.39, 0.29) is 0 Å². The van der Waals surface area contributed by atoms with Crippen LogP contribution < -0.4 is 16.5 Å². The summed E-state index contributed by atoms with van der Waals surface area (Å²) in [5.74, 6) is 0. The molecule has 0 saturated heterocycles. The largest absolute Gasteiger partial charge is 0.422 e. The number of anilines is 1. The van der Waals surface area contributed by atoms with Crippen molar-refractivity contribution in [2.45, 2.75) is 6.92 Å². The Morgan fingerprint density at radius 1 is 1.38 bits per heavy atom. The second-order valence-corrected chi connectivity index (χ2v) is 5.41. The molecule has 0 saturated carbocycles. The van der Waals surface area contributed by atoms with E-state index in [9.17, 15) is 4.79 Å². The predicted molar refractivity (Wildman–Crippen MR) is 85.2 cm³/mol. The van der Waals surface area contributed by atoms with Crippen molar-refractivity contribution >= 4 is 27.4 Å². The summed E-state index contributed by atoms with van der Waals surface area (Å²) in [7, 11) is 0. The Balaban J connectivity index is 1.98. The van der Waals surface area contributed by atoms with E-state index in [0.717, 1.165) is 11.1 Å². The van der Waals surface area contributed by atoms with Crippen molar-refractivity contribution in [3.05, 3.63) is 58.4 Å². The fraction of sp³-hybridized carbons (Fsp3) is 0.0667. The fourth-order valence-corrected chi connectivity index (χ4v) is 2.52. The molecule has 5 nitrogen and oxygen atoms in total. The maximum absolute atomic E-state index is 12.1. The number of thiazole rings is 1. The van der Waals surface area contributed by atoms with Crippen molar-refractivity contribution in [3.63, 3.8) is 0 Å². The van der Waals surface area contributed by atoms with E-state index in [4.69, 9.17) is 4.42 Å². The average Bonchev–Trinajstić information content (AvgIpc) is 2.93. The van der Waals surface area contributed by atoms with Gasteiger partial charge in [0.25, 0.3) is 0 Å². The van der Waals surface area contributed by atoms with Gasteiger partial charge in [-0.3, -0.25) is 5.43 Å². The zero-order valence-corrected chi connectivity index (χ0v) is 12.2. The second-order valence-electron chi connectivity index (χ2n) is 4.55. The van der Waals surface area contributed by atoms with Crippen LogP contribution in [0.5, 0.6) is 0 Å². The van der Waals surface area contributed by atoms with E-state index in [1.54, 1.807) is 12.1 Å². The highest BCUT2D eigenvalue weighted by atomic mass is 32.1. The molecular formula is C15H13N3O2S. The molecule has 21 heavy (non-hydrogen) atoms. The van der Waals surface area contributed by atoms with Crippen molar-refractivity contribution in [2.75, 3.05) is 5.43 Å². The number of hydrazine groups is 1. The van der Waals surface area contributed by atoms with Crippen LogP contribution in [0.15, 0.2) is 57.2 Å². The highest BCUT2D eigenvalue weighted by Crippen LogP contribution is 2.24. The normalized spacial score (nSPS) is 10.5. The van der Waals surface area contributed by atoms with Gasteiger partial charge in [0.1, 0.15) is 5.58 Å². The van der Waals surface area contributed by atoms with Crippen LogP contribution in [-0.4, -0.2) is 4.98 Å². The van der Waals surface area contributed by atoms with Gasteiger partial charge in [0.05, 0.1) is 11.3 Å². The molecule has 2 aromatic heterocycles. The smallest absolute Gasteiger partial charge is 0.345 e. The summed E-state index contributed by atoms with van der Waals surface area (Å²) in [5, 5.41) is 3.33. The molecule has 3 rings (SSSR count). The lowest BCUT2D eigenvalue weighted by atomic mass is 10.1. The van der Waals surface area contributed by atoms with Gasteiger partial charge in [-0.25, -0.2) is 9.78 Å². The van der Waals surface area contributed by atoms with Crippen molar-refractivity contribution in [1.29, 1.82) is 0 Å². The molecule has 0 unspecified atom stereocenters. The monoisotopic (exact) mass is 299 g/mol. The van der Waals surface area contributed by atoms with Crippen LogP contribution in [0, 0.1) is 0 Å². The number of allylic oxidation sites excluding steroid dienone is 1. The standard InChI is InChI=1S/C15H13N3O2S/c1-9(2)17-18-15-16-12(8-21-15)11-7-10-5-3-4-6-13(10)20-14(11)19/h3-8,17H,1H2,2H3,(H,16,18). The number of hydrogen-bond acceptors (Lipinski definition) is 6. The summed E-state index contributed by atoms with van der Waals surface area (Å²) >= 11 is 1.39. The number of benzene rings is 1. The SMILES string of the molecule is C=C(C)NNc1nc(-c2cc3ccccc3oc2=O)cs1. The third kappa shape index (κ3) is 2.80.